The first kappa shape index (κ1) is 14.9. The summed E-state index contributed by atoms with van der Waals surface area (Å²) in [6, 6.07) is 8.84. The third-order valence-corrected chi connectivity index (χ3v) is 4.26. The van der Waals surface area contributed by atoms with Crippen molar-refractivity contribution in [3.8, 4) is 0 Å². The van der Waals surface area contributed by atoms with Gasteiger partial charge in [0.2, 0.25) is 0 Å². The van der Waals surface area contributed by atoms with Crippen molar-refractivity contribution in [1.29, 1.82) is 0 Å². The average molecular weight is 274 g/mol. The van der Waals surface area contributed by atoms with Crippen LogP contribution in [0.5, 0.6) is 0 Å². The Morgan fingerprint density at radius 1 is 1.15 bits per heavy atom. The second-order valence-corrected chi connectivity index (χ2v) is 6.24. The van der Waals surface area contributed by atoms with Gasteiger partial charge in [0, 0.05) is 17.8 Å². The van der Waals surface area contributed by atoms with Gasteiger partial charge in [0.25, 0.3) is 0 Å². The van der Waals surface area contributed by atoms with Crippen molar-refractivity contribution < 1.29 is 4.79 Å². The van der Waals surface area contributed by atoms with E-state index < -0.39 is 0 Å². The van der Waals surface area contributed by atoms with Gasteiger partial charge in [-0.25, -0.2) is 4.79 Å². The Balaban J connectivity index is 2.03. The molecule has 0 saturated carbocycles. The Labute approximate surface area is 122 Å². The maximum absolute atomic E-state index is 12.4. The quantitative estimate of drug-likeness (QED) is 0.839. The van der Waals surface area contributed by atoms with Crippen LogP contribution in [-0.2, 0) is 0 Å². The monoisotopic (exact) mass is 274 g/mol. The van der Waals surface area contributed by atoms with Crippen LogP contribution in [0.2, 0.25) is 0 Å². The molecule has 2 atom stereocenters. The highest BCUT2D eigenvalue weighted by atomic mass is 16.2. The second kappa shape index (κ2) is 6.29. The highest BCUT2D eigenvalue weighted by molar-refractivity contribution is 5.89. The summed E-state index contributed by atoms with van der Waals surface area (Å²) < 4.78 is 0. The number of amides is 2. The third-order valence-electron chi connectivity index (χ3n) is 4.26. The van der Waals surface area contributed by atoms with Crippen molar-refractivity contribution in [3.63, 3.8) is 0 Å². The summed E-state index contributed by atoms with van der Waals surface area (Å²) in [7, 11) is 0. The van der Waals surface area contributed by atoms with Crippen LogP contribution in [0.25, 0.3) is 0 Å². The molecule has 1 N–H and O–H groups in total. The molecule has 2 amide bonds. The molecule has 1 fully saturated rings. The normalized spacial score (nSPS) is 22.9. The Kier molecular flexibility index (Phi) is 4.69. The number of piperidine rings is 1. The van der Waals surface area contributed by atoms with E-state index in [1.165, 1.54) is 12.0 Å². The summed E-state index contributed by atoms with van der Waals surface area (Å²) in [5.74, 6) is 0.516. The number of rotatable bonds is 2. The van der Waals surface area contributed by atoms with Gasteiger partial charge in [-0.2, -0.15) is 0 Å². The number of nitrogens with zero attached hydrogens (tertiary/aromatic N) is 1. The van der Waals surface area contributed by atoms with Gasteiger partial charge in [0.15, 0.2) is 0 Å². The smallest absolute Gasteiger partial charge is 0.319 e. The molecular formula is C17H26N2O. The molecule has 1 aliphatic rings. The largest absolute Gasteiger partial charge is 0.322 e. The highest BCUT2D eigenvalue weighted by Crippen LogP contribution is 2.24. The van der Waals surface area contributed by atoms with E-state index in [4.69, 9.17) is 0 Å². The van der Waals surface area contributed by atoms with Gasteiger partial charge in [-0.1, -0.05) is 26.0 Å². The summed E-state index contributed by atoms with van der Waals surface area (Å²) in [4.78, 5) is 14.4. The van der Waals surface area contributed by atoms with Crippen LogP contribution < -0.4 is 5.32 Å². The fraction of sp³-hybridized carbons (Fsp3) is 0.588. The van der Waals surface area contributed by atoms with Gasteiger partial charge in [0.1, 0.15) is 0 Å². The number of hydrogen-bond donors (Lipinski definition) is 1. The van der Waals surface area contributed by atoms with E-state index in [0.717, 1.165) is 18.5 Å². The van der Waals surface area contributed by atoms with Crippen LogP contribution >= 0.6 is 0 Å². The SMILES string of the molecule is CC(C)c1ccc(NC(=O)N2[C@@H](C)CCC[C@@H]2C)cc1. The van der Waals surface area contributed by atoms with Crippen LogP contribution in [-0.4, -0.2) is 23.0 Å². The minimum atomic E-state index is 0.0296. The molecule has 110 valence electrons. The molecule has 1 aliphatic heterocycles. The first-order valence-electron chi connectivity index (χ1n) is 7.68. The summed E-state index contributed by atoms with van der Waals surface area (Å²) >= 11 is 0. The lowest BCUT2D eigenvalue weighted by Gasteiger charge is -2.38. The van der Waals surface area contributed by atoms with Gasteiger partial charge >= 0.3 is 6.03 Å². The van der Waals surface area contributed by atoms with E-state index in [1.54, 1.807) is 0 Å². The van der Waals surface area contributed by atoms with Crippen LogP contribution in [0, 0.1) is 0 Å². The maximum atomic E-state index is 12.4. The lowest BCUT2D eigenvalue weighted by molar-refractivity contribution is 0.133. The molecule has 1 aromatic rings. The topological polar surface area (TPSA) is 32.3 Å². The first-order chi connectivity index (χ1) is 9.49. The van der Waals surface area contributed by atoms with Crippen LogP contribution in [0.1, 0.15) is 58.4 Å². The second-order valence-electron chi connectivity index (χ2n) is 6.24. The number of anilines is 1. The standard InChI is InChI=1S/C17H26N2O/c1-12(2)15-8-10-16(11-9-15)18-17(20)19-13(3)6-5-7-14(19)4/h8-14H,5-7H2,1-4H3,(H,18,20)/t13-,14-/m0/s1. The predicted molar refractivity (Wildman–Crippen MR) is 84.2 cm³/mol. The maximum Gasteiger partial charge on any atom is 0.322 e. The number of urea groups is 1. The van der Waals surface area contributed by atoms with Crippen molar-refractivity contribution in [2.45, 2.75) is 65.0 Å². The number of carbonyl (C=O) groups excluding carboxylic acids is 1. The molecular weight excluding hydrogens is 248 g/mol. The Morgan fingerprint density at radius 2 is 1.70 bits per heavy atom. The van der Waals surface area contributed by atoms with E-state index >= 15 is 0 Å². The Hall–Kier alpha value is -1.51. The van der Waals surface area contributed by atoms with E-state index in [2.05, 4.69) is 45.1 Å². The fourth-order valence-electron chi connectivity index (χ4n) is 2.96. The van der Waals surface area contributed by atoms with Crippen molar-refractivity contribution in [1.82, 2.24) is 4.90 Å². The van der Waals surface area contributed by atoms with Crippen molar-refractivity contribution in [3.05, 3.63) is 29.8 Å². The predicted octanol–water partition coefficient (Wildman–Crippen LogP) is 4.60. The summed E-state index contributed by atoms with van der Waals surface area (Å²) in [6.45, 7) is 8.61. The molecule has 0 aromatic heterocycles. The summed E-state index contributed by atoms with van der Waals surface area (Å²) in [6.07, 6.45) is 3.42. The lowest BCUT2D eigenvalue weighted by Crippen LogP contribution is -2.49. The van der Waals surface area contributed by atoms with Gasteiger partial charge in [0.05, 0.1) is 0 Å². The zero-order valence-corrected chi connectivity index (χ0v) is 13.0. The van der Waals surface area contributed by atoms with Crippen LogP contribution in [0.3, 0.4) is 0 Å². The minimum Gasteiger partial charge on any atom is -0.319 e. The molecule has 3 nitrogen and oxygen atoms in total. The lowest BCUT2D eigenvalue weighted by atomic mass is 9.98. The number of benzene rings is 1. The summed E-state index contributed by atoms with van der Waals surface area (Å²) in [5, 5.41) is 3.03. The molecule has 0 aliphatic carbocycles. The molecule has 3 heteroatoms. The fourth-order valence-corrected chi connectivity index (χ4v) is 2.96. The highest BCUT2D eigenvalue weighted by Gasteiger charge is 2.28. The van der Waals surface area contributed by atoms with Crippen LogP contribution in [0.15, 0.2) is 24.3 Å². The number of likely N-dealkylation sites (tertiary alicyclic amines) is 1. The first-order valence-corrected chi connectivity index (χ1v) is 7.68. The Bertz CT molecular complexity index is 443. The van der Waals surface area contributed by atoms with Crippen molar-refractivity contribution >= 4 is 11.7 Å². The van der Waals surface area contributed by atoms with E-state index in [9.17, 15) is 4.79 Å². The molecule has 0 unspecified atom stereocenters. The molecule has 0 spiro atoms. The summed E-state index contributed by atoms with van der Waals surface area (Å²) in [5.41, 5.74) is 2.17. The van der Waals surface area contributed by atoms with Gasteiger partial charge < -0.3 is 10.2 Å². The van der Waals surface area contributed by atoms with E-state index in [0.29, 0.717) is 18.0 Å². The number of hydrogen-bond acceptors (Lipinski definition) is 1. The molecule has 1 heterocycles. The average Bonchev–Trinajstić information content (AvgIpc) is 2.39. The zero-order valence-electron chi connectivity index (χ0n) is 13.0. The molecule has 1 saturated heterocycles. The molecule has 0 radical (unpaired) electrons. The molecule has 2 rings (SSSR count). The Morgan fingerprint density at radius 3 is 2.20 bits per heavy atom. The molecule has 20 heavy (non-hydrogen) atoms. The number of nitrogens with one attached hydrogen (secondary N) is 1. The third kappa shape index (κ3) is 3.33. The molecule has 0 bridgehead atoms. The molecule has 1 aromatic carbocycles. The van der Waals surface area contributed by atoms with Crippen molar-refractivity contribution in [2.75, 3.05) is 5.32 Å². The number of carbonyl (C=O) groups is 1. The van der Waals surface area contributed by atoms with Crippen molar-refractivity contribution in [2.24, 2.45) is 0 Å². The van der Waals surface area contributed by atoms with Crippen LogP contribution in [0.4, 0.5) is 10.5 Å². The zero-order chi connectivity index (χ0) is 14.7. The van der Waals surface area contributed by atoms with E-state index in [-0.39, 0.29) is 6.03 Å². The van der Waals surface area contributed by atoms with Gasteiger partial charge in [-0.05, 0) is 56.7 Å². The minimum absolute atomic E-state index is 0.0296. The van der Waals surface area contributed by atoms with Gasteiger partial charge in [-0.15, -0.1) is 0 Å². The van der Waals surface area contributed by atoms with E-state index in [1.807, 2.05) is 17.0 Å². The van der Waals surface area contributed by atoms with Gasteiger partial charge in [-0.3, -0.25) is 0 Å².